The number of hydrogen-bond acceptors (Lipinski definition) is 5. The molecule has 1 N–H and O–H groups in total. The molecule has 0 atom stereocenters. The van der Waals surface area contributed by atoms with Crippen molar-refractivity contribution in [3.63, 3.8) is 0 Å². The number of rotatable bonds is 7. The number of nitrogens with zero attached hydrogens (tertiary/aromatic N) is 1. The third kappa shape index (κ3) is 4.92. The van der Waals surface area contributed by atoms with Crippen LogP contribution in [0, 0.1) is 13.8 Å². The highest BCUT2D eigenvalue weighted by molar-refractivity contribution is 7.09. The van der Waals surface area contributed by atoms with E-state index >= 15 is 0 Å². The van der Waals surface area contributed by atoms with Gasteiger partial charge in [-0.1, -0.05) is 30.3 Å². The van der Waals surface area contributed by atoms with Crippen molar-refractivity contribution in [1.29, 1.82) is 0 Å². The lowest BCUT2D eigenvalue weighted by Gasteiger charge is -2.08. The van der Waals surface area contributed by atoms with Gasteiger partial charge in [0.15, 0.2) is 0 Å². The molecule has 0 aliphatic rings. The molecule has 27 heavy (non-hydrogen) atoms. The second-order valence-corrected chi connectivity index (χ2v) is 7.35. The van der Waals surface area contributed by atoms with Gasteiger partial charge in [-0.3, -0.25) is 4.79 Å². The minimum atomic E-state index is -0.579. The van der Waals surface area contributed by atoms with E-state index in [1.54, 1.807) is 29.8 Å². The van der Waals surface area contributed by atoms with Gasteiger partial charge < -0.3 is 9.73 Å². The lowest BCUT2D eigenvalue weighted by Crippen LogP contribution is -2.31. The van der Waals surface area contributed by atoms with Crippen molar-refractivity contribution in [2.75, 3.05) is 6.54 Å². The second kappa shape index (κ2) is 8.77. The van der Waals surface area contributed by atoms with Gasteiger partial charge in [0.2, 0.25) is 0 Å². The van der Waals surface area contributed by atoms with E-state index in [1.807, 2.05) is 37.3 Å². The number of nitrogens with one attached hydrogen (secondary N) is 1. The fourth-order valence-electron chi connectivity index (χ4n) is 2.93. The van der Waals surface area contributed by atoms with E-state index in [0.717, 1.165) is 17.0 Å². The van der Waals surface area contributed by atoms with Gasteiger partial charge in [-0.2, -0.15) is 0 Å². The molecule has 5 nitrogen and oxygen atoms in total. The highest BCUT2D eigenvalue weighted by Crippen LogP contribution is 2.13. The topological polar surface area (TPSA) is 72.2 Å². The van der Waals surface area contributed by atoms with E-state index in [2.05, 4.69) is 10.3 Å². The predicted octanol–water partition coefficient (Wildman–Crippen LogP) is 3.47. The van der Waals surface area contributed by atoms with Crippen LogP contribution in [-0.4, -0.2) is 17.4 Å². The Balaban J connectivity index is 1.62. The van der Waals surface area contributed by atoms with Crippen LogP contribution in [0.2, 0.25) is 0 Å². The average molecular weight is 382 g/mol. The smallest absolute Gasteiger partial charge is 0.349 e. The van der Waals surface area contributed by atoms with E-state index < -0.39 is 11.5 Å². The summed E-state index contributed by atoms with van der Waals surface area (Å²) in [7, 11) is 0. The molecule has 2 aromatic heterocycles. The third-order valence-corrected chi connectivity index (χ3v) is 5.41. The molecule has 0 unspecified atom stereocenters. The number of benzene rings is 1. The Kier molecular flexibility index (Phi) is 6.19. The van der Waals surface area contributed by atoms with Crippen LogP contribution in [0.4, 0.5) is 0 Å². The maximum Gasteiger partial charge on any atom is 0.349 e. The van der Waals surface area contributed by atoms with E-state index in [-0.39, 0.29) is 5.56 Å². The third-order valence-electron chi connectivity index (χ3n) is 4.41. The molecule has 0 aliphatic carbocycles. The zero-order valence-corrected chi connectivity index (χ0v) is 16.3. The van der Waals surface area contributed by atoms with Crippen molar-refractivity contribution in [3.05, 3.63) is 85.4 Å². The van der Waals surface area contributed by atoms with Crippen LogP contribution >= 0.6 is 11.3 Å². The molecule has 1 aromatic carbocycles. The number of carbonyl (C=O) groups is 1. The minimum absolute atomic E-state index is 0.0829. The number of aromatic nitrogens is 1. The molecule has 2 heterocycles. The summed E-state index contributed by atoms with van der Waals surface area (Å²) < 4.78 is 5.38. The van der Waals surface area contributed by atoms with E-state index in [1.165, 1.54) is 5.56 Å². The standard InChI is InChI=1S/C21H22N2O3S/c1-14-12-17(9-8-16-6-4-3-5-7-16)26-21(25)19(14)20(24)22-11-10-18-15(2)23-13-27-18/h3-7,12-13H,8-11H2,1-2H3,(H,22,24). The fourth-order valence-corrected chi connectivity index (χ4v) is 3.71. The van der Waals surface area contributed by atoms with Gasteiger partial charge in [0.1, 0.15) is 11.3 Å². The molecule has 0 aliphatic heterocycles. The fraction of sp³-hybridized carbons (Fsp3) is 0.286. The summed E-state index contributed by atoms with van der Waals surface area (Å²) in [6.45, 7) is 4.17. The highest BCUT2D eigenvalue weighted by Gasteiger charge is 2.16. The Hall–Kier alpha value is -2.73. The average Bonchev–Trinajstić information content (AvgIpc) is 3.05. The molecular formula is C21H22N2O3S. The van der Waals surface area contributed by atoms with Crippen LogP contribution < -0.4 is 10.9 Å². The normalized spacial score (nSPS) is 10.7. The molecular weight excluding hydrogens is 360 g/mol. The van der Waals surface area contributed by atoms with Crippen LogP contribution in [0.5, 0.6) is 0 Å². The van der Waals surface area contributed by atoms with Crippen LogP contribution in [0.3, 0.4) is 0 Å². The van der Waals surface area contributed by atoms with Crippen molar-refractivity contribution in [1.82, 2.24) is 10.3 Å². The van der Waals surface area contributed by atoms with Crippen molar-refractivity contribution >= 4 is 17.2 Å². The SMILES string of the molecule is Cc1cc(CCc2ccccc2)oc(=O)c1C(=O)NCCc1scnc1C. The quantitative estimate of drug-likeness (QED) is 0.679. The molecule has 3 rings (SSSR count). The lowest BCUT2D eigenvalue weighted by atomic mass is 10.1. The summed E-state index contributed by atoms with van der Waals surface area (Å²) in [5, 5.41) is 2.80. The van der Waals surface area contributed by atoms with Crippen LogP contribution in [0.1, 0.15) is 37.8 Å². The Morgan fingerprint density at radius 2 is 1.93 bits per heavy atom. The molecule has 0 spiro atoms. The number of carbonyl (C=O) groups excluding carboxylic acids is 1. The zero-order valence-electron chi connectivity index (χ0n) is 15.5. The first-order chi connectivity index (χ1) is 13.0. The van der Waals surface area contributed by atoms with Gasteiger partial charge in [-0.15, -0.1) is 11.3 Å². The number of thiazole rings is 1. The van der Waals surface area contributed by atoms with E-state index in [0.29, 0.717) is 30.7 Å². The Labute approximate surface area is 162 Å². The van der Waals surface area contributed by atoms with Crippen molar-refractivity contribution < 1.29 is 9.21 Å². The molecule has 0 bridgehead atoms. The van der Waals surface area contributed by atoms with Crippen molar-refractivity contribution in [2.24, 2.45) is 0 Å². The maximum absolute atomic E-state index is 12.4. The summed E-state index contributed by atoms with van der Waals surface area (Å²) in [4.78, 5) is 30.1. The number of aryl methyl sites for hydroxylation is 4. The first-order valence-electron chi connectivity index (χ1n) is 8.89. The monoisotopic (exact) mass is 382 g/mol. The minimum Gasteiger partial charge on any atom is -0.427 e. The molecule has 0 fully saturated rings. The van der Waals surface area contributed by atoms with Crippen molar-refractivity contribution in [2.45, 2.75) is 33.1 Å². The number of hydrogen-bond donors (Lipinski definition) is 1. The van der Waals surface area contributed by atoms with Gasteiger partial charge in [-0.25, -0.2) is 9.78 Å². The summed E-state index contributed by atoms with van der Waals surface area (Å²) in [6.07, 6.45) is 2.09. The highest BCUT2D eigenvalue weighted by atomic mass is 32.1. The summed E-state index contributed by atoms with van der Waals surface area (Å²) in [5.41, 5.74) is 4.09. The second-order valence-electron chi connectivity index (χ2n) is 6.41. The maximum atomic E-state index is 12.4. The molecule has 1 amide bonds. The summed E-state index contributed by atoms with van der Waals surface area (Å²) in [5.74, 6) is 0.205. The first kappa shape index (κ1) is 19.0. The van der Waals surface area contributed by atoms with Crippen LogP contribution in [0.15, 0.2) is 51.1 Å². The summed E-state index contributed by atoms with van der Waals surface area (Å²) >= 11 is 1.57. The van der Waals surface area contributed by atoms with Gasteiger partial charge in [0, 0.05) is 24.3 Å². The molecule has 0 radical (unpaired) electrons. The van der Waals surface area contributed by atoms with Gasteiger partial charge in [0.25, 0.3) is 5.91 Å². The predicted molar refractivity (Wildman–Crippen MR) is 106 cm³/mol. The zero-order chi connectivity index (χ0) is 19.2. The van der Waals surface area contributed by atoms with Gasteiger partial charge in [0.05, 0.1) is 11.2 Å². The number of amides is 1. The van der Waals surface area contributed by atoms with Crippen LogP contribution in [-0.2, 0) is 19.3 Å². The molecule has 0 saturated heterocycles. The molecule has 3 aromatic rings. The first-order valence-corrected chi connectivity index (χ1v) is 9.77. The Morgan fingerprint density at radius 1 is 1.15 bits per heavy atom. The van der Waals surface area contributed by atoms with E-state index in [4.69, 9.17) is 4.42 Å². The Morgan fingerprint density at radius 3 is 2.59 bits per heavy atom. The van der Waals surface area contributed by atoms with Gasteiger partial charge in [-0.05, 0) is 37.5 Å². The lowest BCUT2D eigenvalue weighted by molar-refractivity contribution is 0.0949. The molecule has 140 valence electrons. The summed E-state index contributed by atoms with van der Waals surface area (Å²) in [6, 6.07) is 11.8. The van der Waals surface area contributed by atoms with E-state index in [9.17, 15) is 9.59 Å². The van der Waals surface area contributed by atoms with Gasteiger partial charge >= 0.3 is 5.63 Å². The Bertz CT molecular complexity index is 977. The van der Waals surface area contributed by atoms with Crippen LogP contribution in [0.25, 0.3) is 0 Å². The molecule has 6 heteroatoms. The molecule has 0 saturated carbocycles. The van der Waals surface area contributed by atoms with Crippen molar-refractivity contribution in [3.8, 4) is 0 Å². The largest absolute Gasteiger partial charge is 0.427 e.